The van der Waals surface area contributed by atoms with Gasteiger partial charge in [0.15, 0.2) is 0 Å². The predicted molar refractivity (Wildman–Crippen MR) is 75.4 cm³/mol. The molecule has 2 rings (SSSR count). The zero-order chi connectivity index (χ0) is 15.5. The van der Waals surface area contributed by atoms with Gasteiger partial charge in [-0.1, -0.05) is 0 Å². The molecule has 0 atom stereocenters. The van der Waals surface area contributed by atoms with Crippen LogP contribution < -0.4 is 15.2 Å². The van der Waals surface area contributed by atoms with Crippen molar-refractivity contribution in [3.63, 3.8) is 0 Å². The van der Waals surface area contributed by atoms with Crippen LogP contribution in [0.25, 0.3) is 0 Å². The second kappa shape index (κ2) is 6.03. The van der Waals surface area contributed by atoms with Gasteiger partial charge in [-0.3, -0.25) is 9.59 Å². The summed E-state index contributed by atoms with van der Waals surface area (Å²) in [6.07, 6.45) is 2.71. The number of primary amides is 1. The highest BCUT2D eigenvalue weighted by Gasteiger charge is 2.42. The van der Waals surface area contributed by atoms with Gasteiger partial charge < -0.3 is 19.9 Å². The summed E-state index contributed by atoms with van der Waals surface area (Å²) in [5.41, 5.74) is 5.04. The van der Waals surface area contributed by atoms with Gasteiger partial charge in [0.2, 0.25) is 5.91 Å². The molecule has 1 aromatic rings. The zero-order valence-electron chi connectivity index (χ0n) is 12.2. The molecule has 1 saturated carbocycles. The molecule has 0 radical (unpaired) electrons. The molecule has 1 amide bonds. The van der Waals surface area contributed by atoms with E-state index in [4.69, 9.17) is 19.9 Å². The molecule has 0 heterocycles. The van der Waals surface area contributed by atoms with Gasteiger partial charge in [0.05, 0.1) is 20.6 Å². The molecule has 6 nitrogen and oxygen atoms in total. The second-order valence-electron chi connectivity index (χ2n) is 5.15. The van der Waals surface area contributed by atoms with Crippen molar-refractivity contribution in [1.82, 2.24) is 0 Å². The van der Waals surface area contributed by atoms with E-state index >= 15 is 0 Å². The normalized spacial score (nSPS) is 15.7. The van der Waals surface area contributed by atoms with Crippen LogP contribution in [0.5, 0.6) is 11.5 Å². The Kier molecular flexibility index (Phi) is 4.35. The lowest BCUT2D eigenvalue weighted by Crippen LogP contribution is -2.45. The molecule has 0 bridgehead atoms. The third kappa shape index (κ3) is 3.45. The Morgan fingerprint density at radius 3 is 2.33 bits per heavy atom. The van der Waals surface area contributed by atoms with Crippen LogP contribution in [0.4, 0.5) is 0 Å². The fourth-order valence-corrected chi connectivity index (χ4v) is 2.36. The maximum Gasteiger partial charge on any atom is 0.309 e. The topological polar surface area (TPSA) is 87.8 Å². The standard InChI is InChI=1S/C15H19NO5/c1-19-11-6-10(14(16)18)7-12(8-11)21-15(4-3-5-15)9-13(17)20-2/h6-8H,3-5,9H2,1-2H3,(H2,16,18). The highest BCUT2D eigenvalue weighted by molar-refractivity contribution is 5.93. The Morgan fingerprint density at radius 1 is 1.19 bits per heavy atom. The summed E-state index contributed by atoms with van der Waals surface area (Å²) in [6.45, 7) is 0. The Hall–Kier alpha value is -2.24. The van der Waals surface area contributed by atoms with E-state index < -0.39 is 11.5 Å². The minimum Gasteiger partial charge on any atom is -0.497 e. The van der Waals surface area contributed by atoms with Crippen molar-refractivity contribution < 1.29 is 23.8 Å². The molecule has 1 aliphatic carbocycles. The maximum absolute atomic E-state index is 11.5. The van der Waals surface area contributed by atoms with Crippen LogP contribution >= 0.6 is 0 Å². The predicted octanol–water partition coefficient (Wildman–Crippen LogP) is 1.66. The highest BCUT2D eigenvalue weighted by Crippen LogP contribution is 2.40. The van der Waals surface area contributed by atoms with E-state index in [0.717, 1.165) is 19.3 Å². The van der Waals surface area contributed by atoms with Gasteiger partial charge in [0, 0.05) is 11.6 Å². The summed E-state index contributed by atoms with van der Waals surface area (Å²) in [5, 5.41) is 0. The highest BCUT2D eigenvalue weighted by atomic mass is 16.5. The molecule has 0 spiro atoms. The number of hydrogen-bond acceptors (Lipinski definition) is 5. The van der Waals surface area contributed by atoms with E-state index in [9.17, 15) is 9.59 Å². The zero-order valence-corrected chi connectivity index (χ0v) is 12.2. The van der Waals surface area contributed by atoms with Crippen LogP contribution in [0.15, 0.2) is 18.2 Å². The number of nitrogens with two attached hydrogens (primary N) is 1. The van der Waals surface area contributed by atoms with Crippen molar-refractivity contribution in [2.75, 3.05) is 14.2 Å². The largest absolute Gasteiger partial charge is 0.497 e. The number of methoxy groups -OCH3 is 2. The monoisotopic (exact) mass is 293 g/mol. The number of amides is 1. The smallest absolute Gasteiger partial charge is 0.309 e. The first-order valence-corrected chi connectivity index (χ1v) is 6.73. The van der Waals surface area contributed by atoms with Crippen LogP contribution in [-0.4, -0.2) is 31.7 Å². The van der Waals surface area contributed by atoms with E-state index in [0.29, 0.717) is 17.1 Å². The van der Waals surface area contributed by atoms with Crippen molar-refractivity contribution >= 4 is 11.9 Å². The maximum atomic E-state index is 11.5. The summed E-state index contributed by atoms with van der Waals surface area (Å²) in [6, 6.07) is 4.77. The van der Waals surface area contributed by atoms with Crippen LogP contribution in [0.3, 0.4) is 0 Å². The number of rotatable bonds is 6. The van der Waals surface area contributed by atoms with Gasteiger partial charge >= 0.3 is 5.97 Å². The first kappa shape index (κ1) is 15.2. The third-order valence-electron chi connectivity index (χ3n) is 3.69. The Morgan fingerprint density at radius 2 is 1.86 bits per heavy atom. The van der Waals surface area contributed by atoms with Crippen LogP contribution in [0.1, 0.15) is 36.0 Å². The quantitative estimate of drug-likeness (QED) is 0.806. The molecule has 114 valence electrons. The minimum absolute atomic E-state index is 0.187. The van der Waals surface area contributed by atoms with E-state index in [1.807, 2.05) is 0 Å². The molecule has 1 fully saturated rings. The van der Waals surface area contributed by atoms with E-state index in [2.05, 4.69) is 0 Å². The Labute approximate surface area is 123 Å². The Balaban J connectivity index is 2.22. The summed E-state index contributed by atoms with van der Waals surface area (Å²) >= 11 is 0. The molecular formula is C15H19NO5. The lowest BCUT2D eigenvalue weighted by atomic mass is 9.77. The Bertz CT molecular complexity index is 551. The fourth-order valence-electron chi connectivity index (χ4n) is 2.36. The molecular weight excluding hydrogens is 274 g/mol. The van der Waals surface area contributed by atoms with Crippen molar-refractivity contribution in [2.45, 2.75) is 31.3 Å². The van der Waals surface area contributed by atoms with Gasteiger partial charge in [0.25, 0.3) is 0 Å². The van der Waals surface area contributed by atoms with Crippen LogP contribution in [0, 0.1) is 0 Å². The number of carbonyl (C=O) groups excluding carboxylic acids is 2. The van der Waals surface area contributed by atoms with Gasteiger partial charge in [-0.15, -0.1) is 0 Å². The lowest BCUT2D eigenvalue weighted by molar-refractivity contribution is -0.148. The van der Waals surface area contributed by atoms with E-state index in [-0.39, 0.29) is 12.4 Å². The first-order valence-electron chi connectivity index (χ1n) is 6.73. The summed E-state index contributed by atoms with van der Waals surface area (Å²) in [4.78, 5) is 22.8. The molecule has 0 unspecified atom stereocenters. The van der Waals surface area contributed by atoms with Crippen LogP contribution in [-0.2, 0) is 9.53 Å². The van der Waals surface area contributed by atoms with Gasteiger partial charge in [-0.2, -0.15) is 0 Å². The lowest BCUT2D eigenvalue weighted by Gasteiger charge is -2.41. The first-order chi connectivity index (χ1) is 9.98. The summed E-state index contributed by atoms with van der Waals surface area (Å²) in [7, 11) is 2.85. The van der Waals surface area contributed by atoms with Crippen molar-refractivity contribution in [3.05, 3.63) is 23.8 Å². The summed E-state index contributed by atoms with van der Waals surface area (Å²) in [5.74, 6) is 0.0719. The van der Waals surface area contributed by atoms with Crippen molar-refractivity contribution in [1.29, 1.82) is 0 Å². The average Bonchev–Trinajstić information content (AvgIpc) is 2.44. The summed E-state index contributed by atoms with van der Waals surface area (Å²) < 4.78 is 15.8. The fraction of sp³-hybridized carbons (Fsp3) is 0.467. The molecule has 21 heavy (non-hydrogen) atoms. The number of benzene rings is 1. The van der Waals surface area contributed by atoms with E-state index in [1.54, 1.807) is 18.2 Å². The number of carbonyl (C=O) groups is 2. The van der Waals surface area contributed by atoms with Gasteiger partial charge in [-0.25, -0.2) is 0 Å². The van der Waals surface area contributed by atoms with E-state index in [1.165, 1.54) is 14.2 Å². The number of ether oxygens (including phenoxy) is 3. The average molecular weight is 293 g/mol. The second-order valence-corrected chi connectivity index (χ2v) is 5.15. The number of hydrogen-bond donors (Lipinski definition) is 1. The molecule has 1 aromatic carbocycles. The third-order valence-corrected chi connectivity index (χ3v) is 3.69. The minimum atomic E-state index is -0.561. The van der Waals surface area contributed by atoms with Crippen LogP contribution in [0.2, 0.25) is 0 Å². The SMILES string of the molecule is COC(=O)CC1(Oc2cc(OC)cc(C(N)=O)c2)CCC1. The van der Waals surface area contributed by atoms with Gasteiger partial charge in [0.1, 0.15) is 17.1 Å². The molecule has 1 aliphatic rings. The molecule has 2 N–H and O–H groups in total. The van der Waals surface area contributed by atoms with Crippen molar-refractivity contribution in [3.8, 4) is 11.5 Å². The molecule has 6 heteroatoms. The molecule has 0 aromatic heterocycles. The number of esters is 1. The van der Waals surface area contributed by atoms with Gasteiger partial charge in [-0.05, 0) is 31.4 Å². The van der Waals surface area contributed by atoms with Crippen molar-refractivity contribution in [2.24, 2.45) is 5.73 Å². The molecule has 0 aliphatic heterocycles. The molecule has 0 saturated heterocycles.